The van der Waals surface area contributed by atoms with Crippen LogP contribution in [-0.2, 0) is 14.3 Å². The number of ether oxygens (including phenoxy) is 2. The van der Waals surface area contributed by atoms with Crippen molar-refractivity contribution in [1.82, 2.24) is 0 Å². The van der Waals surface area contributed by atoms with Gasteiger partial charge in [-0.05, 0) is 17.7 Å². The molecule has 92 valence electrons. The molecule has 1 aliphatic rings. The van der Waals surface area contributed by atoms with Crippen LogP contribution in [0.4, 0.5) is 0 Å². The predicted octanol–water partition coefficient (Wildman–Crippen LogP) is 1.64. The van der Waals surface area contributed by atoms with Gasteiger partial charge in [-0.3, -0.25) is 4.79 Å². The van der Waals surface area contributed by atoms with Gasteiger partial charge in [-0.1, -0.05) is 28.1 Å². The van der Waals surface area contributed by atoms with E-state index in [0.29, 0.717) is 13.2 Å². The highest BCUT2D eigenvalue weighted by Crippen LogP contribution is 2.40. The van der Waals surface area contributed by atoms with E-state index in [4.69, 9.17) is 15.2 Å². The highest BCUT2D eigenvalue weighted by Gasteiger charge is 2.52. The van der Waals surface area contributed by atoms with Gasteiger partial charge in [0.2, 0.25) is 0 Å². The van der Waals surface area contributed by atoms with Crippen molar-refractivity contribution >= 4 is 21.9 Å². The number of hydrogen-bond acceptors (Lipinski definition) is 4. The Morgan fingerprint density at radius 3 is 2.47 bits per heavy atom. The average molecular weight is 300 g/mol. The van der Waals surface area contributed by atoms with E-state index >= 15 is 0 Å². The summed E-state index contributed by atoms with van der Waals surface area (Å²) in [5.41, 5.74) is 6.34. The molecule has 2 N–H and O–H groups in total. The number of nitrogens with two attached hydrogens (primary N) is 1. The van der Waals surface area contributed by atoms with Crippen LogP contribution in [0.3, 0.4) is 0 Å². The van der Waals surface area contributed by atoms with Crippen LogP contribution in [0.2, 0.25) is 0 Å². The largest absolute Gasteiger partial charge is 0.468 e. The zero-order valence-corrected chi connectivity index (χ0v) is 11.1. The molecule has 2 rings (SSSR count). The van der Waals surface area contributed by atoms with Gasteiger partial charge in [0.1, 0.15) is 5.41 Å². The van der Waals surface area contributed by atoms with Gasteiger partial charge in [-0.2, -0.15) is 0 Å². The molecule has 0 amide bonds. The number of carbonyl (C=O) groups is 1. The summed E-state index contributed by atoms with van der Waals surface area (Å²) >= 11 is 3.36. The Balaban J connectivity index is 2.26. The van der Waals surface area contributed by atoms with Crippen LogP contribution >= 0.6 is 15.9 Å². The van der Waals surface area contributed by atoms with E-state index in [2.05, 4.69) is 15.9 Å². The van der Waals surface area contributed by atoms with Gasteiger partial charge in [0.05, 0.1) is 26.4 Å². The summed E-state index contributed by atoms with van der Waals surface area (Å²) in [6, 6.07) is 7.20. The normalized spacial score (nSPS) is 19.2. The van der Waals surface area contributed by atoms with Crippen molar-refractivity contribution in [3.05, 3.63) is 34.3 Å². The van der Waals surface area contributed by atoms with E-state index in [1.54, 1.807) is 0 Å². The quantitative estimate of drug-likeness (QED) is 0.862. The van der Waals surface area contributed by atoms with Gasteiger partial charge in [-0.15, -0.1) is 0 Å². The lowest BCUT2D eigenvalue weighted by Gasteiger charge is -2.42. The van der Waals surface area contributed by atoms with Crippen molar-refractivity contribution in [2.75, 3.05) is 20.3 Å². The minimum Gasteiger partial charge on any atom is -0.468 e. The van der Waals surface area contributed by atoms with E-state index in [9.17, 15) is 4.79 Å². The van der Waals surface area contributed by atoms with E-state index in [1.165, 1.54) is 7.11 Å². The second-order valence-corrected chi connectivity index (χ2v) is 5.09. The van der Waals surface area contributed by atoms with Crippen molar-refractivity contribution < 1.29 is 14.3 Å². The Morgan fingerprint density at radius 1 is 1.47 bits per heavy atom. The highest BCUT2D eigenvalue weighted by atomic mass is 79.9. The summed E-state index contributed by atoms with van der Waals surface area (Å²) in [7, 11) is 1.37. The van der Waals surface area contributed by atoms with Crippen molar-refractivity contribution in [2.24, 2.45) is 11.1 Å². The van der Waals surface area contributed by atoms with Crippen LogP contribution in [0.15, 0.2) is 28.7 Å². The molecule has 1 unspecified atom stereocenters. The summed E-state index contributed by atoms with van der Waals surface area (Å²) in [5, 5.41) is 0. The van der Waals surface area contributed by atoms with Crippen LogP contribution in [0.25, 0.3) is 0 Å². The van der Waals surface area contributed by atoms with Gasteiger partial charge in [0.15, 0.2) is 0 Å². The van der Waals surface area contributed by atoms with Crippen molar-refractivity contribution in [2.45, 2.75) is 6.04 Å². The summed E-state index contributed by atoms with van der Waals surface area (Å²) in [6.07, 6.45) is 0. The Bertz CT molecular complexity index is 414. The summed E-state index contributed by atoms with van der Waals surface area (Å²) in [6.45, 7) is 0.633. The zero-order valence-electron chi connectivity index (χ0n) is 9.48. The molecular weight excluding hydrogens is 286 g/mol. The van der Waals surface area contributed by atoms with Crippen molar-refractivity contribution in [1.29, 1.82) is 0 Å². The first kappa shape index (κ1) is 12.5. The van der Waals surface area contributed by atoms with Crippen LogP contribution in [0.1, 0.15) is 11.6 Å². The Labute approximate surface area is 108 Å². The molecule has 1 aliphatic heterocycles. The van der Waals surface area contributed by atoms with Gasteiger partial charge < -0.3 is 15.2 Å². The Morgan fingerprint density at radius 2 is 2.06 bits per heavy atom. The molecule has 1 heterocycles. The molecule has 0 aliphatic carbocycles. The summed E-state index contributed by atoms with van der Waals surface area (Å²) in [5.74, 6) is -0.306. The van der Waals surface area contributed by atoms with Gasteiger partial charge in [-0.25, -0.2) is 0 Å². The lowest BCUT2D eigenvalue weighted by Crippen LogP contribution is -2.56. The number of hydrogen-bond donors (Lipinski definition) is 1. The molecule has 1 aromatic rings. The van der Waals surface area contributed by atoms with E-state index in [0.717, 1.165) is 10.0 Å². The van der Waals surface area contributed by atoms with E-state index in [1.807, 2.05) is 24.3 Å². The predicted molar refractivity (Wildman–Crippen MR) is 66.3 cm³/mol. The number of carbonyl (C=O) groups excluding carboxylic acids is 1. The maximum Gasteiger partial charge on any atom is 0.318 e. The highest BCUT2D eigenvalue weighted by molar-refractivity contribution is 9.10. The van der Waals surface area contributed by atoms with E-state index < -0.39 is 11.5 Å². The first-order chi connectivity index (χ1) is 8.10. The number of benzene rings is 1. The van der Waals surface area contributed by atoms with E-state index in [-0.39, 0.29) is 5.97 Å². The van der Waals surface area contributed by atoms with Crippen LogP contribution in [-0.4, -0.2) is 26.3 Å². The standard InChI is InChI=1S/C12H14BrNO3/c1-16-11(15)12(6-17-7-12)10(14)8-2-4-9(13)5-3-8/h2-5,10H,6-7,14H2,1H3. The number of methoxy groups -OCH3 is 1. The maximum absolute atomic E-state index is 11.8. The lowest BCUT2D eigenvalue weighted by molar-refractivity contribution is -0.188. The number of halogens is 1. The van der Waals surface area contributed by atoms with Gasteiger partial charge in [0.25, 0.3) is 0 Å². The van der Waals surface area contributed by atoms with Crippen LogP contribution in [0, 0.1) is 5.41 Å². The molecular formula is C12H14BrNO3. The smallest absolute Gasteiger partial charge is 0.318 e. The summed E-state index contributed by atoms with van der Waals surface area (Å²) in [4.78, 5) is 11.8. The molecule has 0 radical (unpaired) electrons. The lowest BCUT2D eigenvalue weighted by atomic mass is 9.75. The minimum absolute atomic E-state index is 0.306. The van der Waals surface area contributed by atoms with Crippen LogP contribution < -0.4 is 5.73 Å². The second kappa shape index (κ2) is 4.76. The monoisotopic (exact) mass is 299 g/mol. The topological polar surface area (TPSA) is 61.5 Å². The van der Waals surface area contributed by atoms with Crippen molar-refractivity contribution in [3.63, 3.8) is 0 Å². The fourth-order valence-corrected chi connectivity index (χ4v) is 2.20. The molecule has 4 nitrogen and oxygen atoms in total. The molecule has 1 aromatic carbocycles. The fourth-order valence-electron chi connectivity index (χ4n) is 1.94. The molecule has 0 spiro atoms. The molecule has 1 atom stereocenters. The fraction of sp³-hybridized carbons (Fsp3) is 0.417. The number of esters is 1. The average Bonchev–Trinajstić information content (AvgIpc) is 2.28. The molecule has 1 fully saturated rings. The molecule has 0 aromatic heterocycles. The first-order valence-electron chi connectivity index (χ1n) is 5.27. The third kappa shape index (κ3) is 2.10. The zero-order chi connectivity index (χ0) is 12.5. The second-order valence-electron chi connectivity index (χ2n) is 4.17. The number of rotatable bonds is 3. The maximum atomic E-state index is 11.8. The molecule has 0 bridgehead atoms. The van der Waals surface area contributed by atoms with Crippen molar-refractivity contribution in [3.8, 4) is 0 Å². The SMILES string of the molecule is COC(=O)C1(C(N)c2ccc(Br)cc2)COC1. The Hall–Kier alpha value is -0.910. The van der Waals surface area contributed by atoms with Crippen LogP contribution in [0.5, 0.6) is 0 Å². The minimum atomic E-state index is -0.734. The molecule has 1 saturated heterocycles. The molecule has 0 saturated carbocycles. The first-order valence-corrected chi connectivity index (χ1v) is 6.06. The Kier molecular flexibility index (Phi) is 3.51. The molecule has 5 heteroatoms. The molecule has 17 heavy (non-hydrogen) atoms. The van der Waals surface area contributed by atoms with Gasteiger partial charge in [0, 0.05) is 4.47 Å². The third-order valence-corrected chi connectivity index (χ3v) is 3.66. The third-order valence-electron chi connectivity index (χ3n) is 3.14. The summed E-state index contributed by atoms with van der Waals surface area (Å²) < 4.78 is 10.9. The van der Waals surface area contributed by atoms with Gasteiger partial charge >= 0.3 is 5.97 Å².